The van der Waals surface area contributed by atoms with Crippen LogP contribution in [0, 0.1) is 16.7 Å². The maximum absolute atomic E-state index is 14.0. The first-order valence-electron chi connectivity index (χ1n) is 23.3. The third-order valence-electron chi connectivity index (χ3n) is 16.6. The molecule has 6 aliphatic rings. The Hall–Kier alpha value is -3.54. The Balaban J connectivity index is 1.01. The molecule has 4 aliphatic carbocycles. The Bertz CT molecular complexity index is 2060. The second-order valence-corrected chi connectivity index (χ2v) is 19.8. The van der Waals surface area contributed by atoms with Crippen molar-refractivity contribution in [1.82, 2.24) is 0 Å². The van der Waals surface area contributed by atoms with Gasteiger partial charge in [0.15, 0.2) is 12.6 Å². The highest BCUT2D eigenvalue weighted by Gasteiger charge is 2.81. The van der Waals surface area contributed by atoms with E-state index in [2.05, 4.69) is 6.92 Å². The number of aliphatic hydroxyl groups excluding tert-OH is 1. The molecule has 0 aromatic heterocycles. The van der Waals surface area contributed by atoms with E-state index in [0.29, 0.717) is 37.7 Å². The van der Waals surface area contributed by atoms with E-state index in [-0.39, 0.29) is 37.9 Å². The molecular weight excluding hydrogens is 837 g/mol. The van der Waals surface area contributed by atoms with Gasteiger partial charge in [0, 0.05) is 39.1 Å². The smallest absolute Gasteiger partial charge is 0.338 e. The van der Waals surface area contributed by atoms with E-state index < -0.39 is 101 Å². The molecule has 3 saturated carbocycles. The van der Waals surface area contributed by atoms with Crippen molar-refractivity contribution in [2.24, 2.45) is 16.7 Å². The van der Waals surface area contributed by atoms with Gasteiger partial charge >= 0.3 is 11.9 Å². The monoisotopic (exact) mass is 904 g/mol. The van der Waals surface area contributed by atoms with Gasteiger partial charge in [-0.1, -0.05) is 74.0 Å². The average molecular weight is 905 g/mol. The summed E-state index contributed by atoms with van der Waals surface area (Å²) in [6, 6.07) is 17.9. The summed E-state index contributed by atoms with van der Waals surface area (Å²) in [4.78, 5) is 27.2. The fraction of sp³-hybridized carbons (Fsp3) is 0.647. The zero-order chi connectivity index (χ0) is 46.5. The Morgan fingerprint density at radius 1 is 0.831 bits per heavy atom. The molecule has 0 bridgehead atoms. The minimum Gasteiger partial charge on any atom is -0.458 e. The van der Waals surface area contributed by atoms with Crippen LogP contribution < -0.4 is 0 Å². The highest BCUT2D eigenvalue weighted by Crippen LogP contribution is 2.71. The van der Waals surface area contributed by atoms with E-state index in [4.69, 9.17) is 37.9 Å². The fourth-order valence-electron chi connectivity index (χ4n) is 12.6. The number of carbonyl (C=O) groups excluding carboxylic acids is 2. The van der Waals surface area contributed by atoms with E-state index in [1.807, 2.05) is 43.3 Å². The molecule has 14 heteroatoms. The first-order chi connectivity index (χ1) is 30.9. The quantitative estimate of drug-likeness (QED) is 0.113. The highest BCUT2D eigenvalue weighted by molar-refractivity contribution is 5.89. The Morgan fingerprint density at radius 3 is 2.17 bits per heavy atom. The second-order valence-electron chi connectivity index (χ2n) is 19.8. The van der Waals surface area contributed by atoms with Crippen molar-refractivity contribution in [3.05, 3.63) is 89.5 Å². The van der Waals surface area contributed by atoms with Crippen molar-refractivity contribution in [3.8, 4) is 0 Å². The molecule has 14 nitrogen and oxygen atoms in total. The molecule has 2 aliphatic heterocycles. The molecule has 356 valence electrons. The minimum absolute atomic E-state index is 0.0216. The van der Waals surface area contributed by atoms with Crippen molar-refractivity contribution in [3.63, 3.8) is 0 Å². The van der Waals surface area contributed by atoms with Crippen LogP contribution in [0.4, 0.5) is 0 Å². The summed E-state index contributed by atoms with van der Waals surface area (Å²) >= 11 is 0. The number of carbonyl (C=O) groups is 2. The van der Waals surface area contributed by atoms with Gasteiger partial charge in [0.25, 0.3) is 0 Å². The average Bonchev–Trinajstić information content (AvgIpc) is 3.53. The Kier molecular flexibility index (Phi) is 13.7. The van der Waals surface area contributed by atoms with Crippen LogP contribution in [0.25, 0.3) is 6.08 Å². The predicted molar refractivity (Wildman–Crippen MR) is 237 cm³/mol. The molecule has 0 unspecified atom stereocenters. The zero-order valence-corrected chi connectivity index (χ0v) is 38.7. The largest absolute Gasteiger partial charge is 0.458 e. The molecule has 2 aromatic carbocycles. The van der Waals surface area contributed by atoms with Gasteiger partial charge in [-0.25, -0.2) is 9.59 Å². The molecule has 2 aromatic rings. The highest BCUT2D eigenvalue weighted by atomic mass is 16.7. The lowest BCUT2D eigenvalue weighted by Gasteiger charge is -2.67. The topological polar surface area (TPSA) is 189 Å². The molecule has 2 saturated heterocycles. The zero-order valence-electron chi connectivity index (χ0n) is 38.7. The van der Waals surface area contributed by atoms with Gasteiger partial charge in [0.1, 0.15) is 41.2 Å². The predicted octanol–water partition coefficient (Wildman–Crippen LogP) is 5.82. The molecule has 0 spiro atoms. The molecule has 0 radical (unpaired) electrons. The summed E-state index contributed by atoms with van der Waals surface area (Å²) in [5, 5.41) is 49.9. The first kappa shape index (κ1) is 47.9. The molecular formula is C51H68O14. The molecule has 2 heterocycles. The SMILES string of the molecule is CO[C@H]1C[C@H](O[C@H]2[C@@H](OC)C[C@H](O[C@H]3CC[C@@]4(C)C(=CC[C@]5(O)[C@@H]4C[C@@H](OC(=O)c4ccccc4)[C@@]4(C)[C@]5(O)CC[C@@]4(O)[C@H](C)OC(=O)/C=C/c4ccccc4)C3)O[C@@H]2C)O[C@H](C)[C@H]1O. The van der Waals surface area contributed by atoms with Crippen LogP contribution in [-0.4, -0.2) is 131 Å². The number of benzene rings is 2. The van der Waals surface area contributed by atoms with E-state index in [0.717, 1.165) is 11.1 Å². The van der Waals surface area contributed by atoms with Gasteiger partial charge in [-0.3, -0.25) is 0 Å². The van der Waals surface area contributed by atoms with Crippen LogP contribution in [0.1, 0.15) is 108 Å². The summed E-state index contributed by atoms with van der Waals surface area (Å²) in [5.41, 5.74) is -5.75. The minimum atomic E-state index is -1.97. The Morgan fingerprint density at radius 2 is 1.48 bits per heavy atom. The van der Waals surface area contributed by atoms with Crippen LogP contribution in [0.3, 0.4) is 0 Å². The first-order valence-corrected chi connectivity index (χ1v) is 23.3. The van der Waals surface area contributed by atoms with Crippen molar-refractivity contribution in [2.75, 3.05) is 14.2 Å². The van der Waals surface area contributed by atoms with Crippen LogP contribution in [0.5, 0.6) is 0 Å². The van der Waals surface area contributed by atoms with E-state index in [1.54, 1.807) is 71.4 Å². The fourth-order valence-corrected chi connectivity index (χ4v) is 12.6. The number of methoxy groups -OCH3 is 2. The molecule has 0 amide bonds. The summed E-state index contributed by atoms with van der Waals surface area (Å²) < 4.78 is 49.3. The van der Waals surface area contributed by atoms with E-state index in [9.17, 15) is 30.0 Å². The molecule has 8 rings (SSSR count). The standard InChI is InChI=1S/C51H68O14/c1-30-44(53)37(58-6)27-43(60-30)65-45-31(2)61-42(28-38(45)59-7)63-36-21-22-47(4)35(26-36)20-23-50(56)39(47)29-40(64-46(54)34-16-12-9-13-17-34)48(5)49(55,24-25-51(48,50)57)32(3)62-41(52)19-18-33-14-10-8-11-15-33/h8-20,30-32,36-40,42-45,53,55-57H,21-29H2,1-7H3/b19-18+/t30-,31-,32+,36+,37+,38+,39-,40-,42+,43+,44-,45-,47+,48-,49-,50+,51-/m1/s1. The number of fused-ring (bicyclic) bond motifs is 5. The Labute approximate surface area is 382 Å². The summed E-state index contributed by atoms with van der Waals surface area (Å²) in [5.74, 6) is -1.88. The van der Waals surface area contributed by atoms with E-state index >= 15 is 0 Å². The lowest BCUT2D eigenvalue weighted by Crippen LogP contribution is -2.78. The molecule has 4 N–H and O–H groups in total. The second kappa shape index (κ2) is 18.5. The van der Waals surface area contributed by atoms with Crippen LogP contribution in [0.2, 0.25) is 0 Å². The van der Waals surface area contributed by atoms with Crippen molar-refractivity contribution < 1.29 is 67.9 Å². The van der Waals surface area contributed by atoms with Gasteiger partial charge in [-0.2, -0.15) is 0 Å². The van der Waals surface area contributed by atoms with Crippen molar-refractivity contribution in [1.29, 1.82) is 0 Å². The maximum atomic E-state index is 14.0. The molecule has 65 heavy (non-hydrogen) atoms. The summed E-state index contributed by atoms with van der Waals surface area (Å²) in [6.45, 7) is 9.08. The molecule has 5 fully saturated rings. The van der Waals surface area contributed by atoms with Gasteiger partial charge < -0.3 is 58.3 Å². The number of hydrogen-bond donors (Lipinski definition) is 4. The van der Waals surface area contributed by atoms with Gasteiger partial charge in [-0.05, 0) is 94.9 Å². The maximum Gasteiger partial charge on any atom is 0.338 e. The van der Waals surface area contributed by atoms with E-state index in [1.165, 1.54) is 6.08 Å². The normalized spacial score (nSPS) is 43.1. The third-order valence-corrected chi connectivity index (χ3v) is 16.6. The number of aliphatic hydroxyl groups is 4. The number of hydrogen-bond acceptors (Lipinski definition) is 14. The number of rotatable bonds is 12. The van der Waals surface area contributed by atoms with Crippen LogP contribution >= 0.6 is 0 Å². The molecule has 17 atom stereocenters. The number of ether oxygens (including phenoxy) is 8. The van der Waals surface area contributed by atoms with Crippen molar-refractivity contribution in [2.45, 2.75) is 177 Å². The summed E-state index contributed by atoms with van der Waals surface area (Å²) in [6.07, 6.45) is 1.17. The van der Waals surface area contributed by atoms with Gasteiger partial charge in [-0.15, -0.1) is 0 Å². The van der Waals surface area contributed by atoms with Crippen molar-refractivity contribution >= 4 is 18.0 Å². The lowest BCUT2D eigenvalue weighted by atomic mass is 9.42. The number of esters is 2. The van der Waals surface area contributed by atoms with Crippen LogP contribution in [0.15, 0.2) is 78.4 Å². The lowest BCUT2D eigenvalue weighted by molar-refractivity contribution is -0.327. The summed E-state index contributed by atoms with van der Waals surface area (Å²) in [7, 11) is 3.20. The van der Waals surface area contributed by atoms with Gasteiger partial charge in [0.05, 0.1) is 41.5 Å². The van der Waals surface area contributed by atoms with Crippen LogP contribution in [-0.2, 0) is 42.7 Å². The third kappa shape index (κ3) is 8.33. The van der Waals surface area contributed by atoms with Gasteiger partial charge in [0.2, 0.25) is 0 Å².